The summed E-state index contributed by atoms with van der Waals surface area (Å²) in [4.78, 5) is 12.4. The molecule has 0 amide bonds. The summed E-state index contributed by atoms with van der Waals surface area (Å²) in [6.07, 6.45) is 1.27. The minimum Gasteiger partial charge on any atom is -0.497 e. The highest BCUT2D eigenvalue weighted by atomic mass is 16.5. The Bertz CT molecular complexity index is 539. The number of ketones is 1. The van der Waals surface area contributed by atoms with Gasteiger partial charge < -0.3 is 9.47 Å². The molecule has 18 heavy (non-hydrogen) atoms. The van der Waals surface area contributed by atoms with Gasteiger partial charge in [0.1, 0.15) is 16.9 Å². The standard InChI is InChI=1S/C14H15NO3/c1-9-6-10(17-2)7-11(18-3)12(9)13(16)14(8-15)4-5-14/h6-7H,4-5H2,1-3H3. The molecule has 1 aliphatic rings. The molecule has 4 nitrogen and oxygen atoms in total. The number of nitrogens with zero attached hydrogens (tertiary/aromatic N) is 1. The van der Waals surface area contributed by atoms with Crippen LogP contribution in [0.25, 0.3) is 0 Å². The number of nitriles is 1. The fourth-order valence-electron chi connectivity index (χ4n) is 2.05. The van der Waals surface area contributed by atoms with Crippen LogP contribution in [0.1, 0.15) is 28.8 Å². The molecule has 2 rings (SSSR count). The zero-order valence-electron chi connectivity index (χ0n) is 10.7. The Hall–Kier alpha value is -2.02. The number of carbonyl (C=O) groups is 1. The molecular formula is C14H15NO3. The highest BCUT2D eigenvalue weighted by molar-refractivity contribution is 6.07. The van der Waals surface area contributed by atoms with Crippen LogP contribution in [-0.4, -0.2) is 20.0 Å². The van der Waals surface area contributed by atoms with Gasteiger partial charge in [0, 0.05) is 6.07 Å². The van der Waals surface area contributed by atoms with E-state index in [1.165, 1.54) is 7.11 Å². The zero-order chi connectivity index (χ0) is 13.3. The quantitative estimate of drug-likeness (QED) is 0.765. The molecule has 0 aromatic heterocycles. The van der Waals surface area contributed by atoms with E-state index >= 15 is 0 Å². The molecule has 0 aliphatic heterocycles. The van der Waals surface area contributed by atoms with Crippen LogP contribution in [-0.2, 0) is 0 Å². The second-order valence-corrected chi connectivity index (χ2v) is 4.54. The number of carbonyl (C=O) groups excluding carboxylic acids is 1. The molecule has 0 saturated heterocycles. The van der Waals surface area contributed by atoms with E-state index in [-0.39, 0.29) is 5.78 Å². The lowest BCUT2D eigenvalue weighted by atomic mass is 9.92. The average molecular weight is 245 g/mol. The van der Waals surface area contributed by atoms with Crippen molar-refractivity contribution in [3.8, 4) is 17.6 Å². The van der Waals surface area contributed by atoms with Gasteiger partial charge in [-0.3, -0.25) is 4.79 Å². The van der Waals surface area contributed by atoms with Crippen molar-refractivity contribution in [2.45, 2.75) is 19.8 Å². The maximum Gasteiger partial charge on any atom is 0.187 e. The number of hydrogen-bond acceptors (Lipinski definition) is 4. The van der Waals surface area contributed by atoms with Crippen LogP contribution in [0.4, 0.5) is 0 Å². The van der Waals surface area contributed by atoms with Crippen molar-refractivity contribution >= 4 is 5.78 Å². The molecule has 0 radical (unpaired) electrons. The average Bonchev–Trinajstić information content (AvgIpc) is 3.17. The largest absolute Gasteiger partial charge is 0.497 e. The van der Waals surface area contributed by atoms with Crippen LogP contribution in [0.3, 0.4) is 0 Å². The fraction of sp³-hybridized carbons (Fsp3) is 0.429. The Morgan fingerprint density at radius 2 is 2.00 bits per heavy atom. The zero-order valence-corrected chi connectivity index (χ0v) is 10.7. The van der Waals surface area contributed by atoms with Gasteiger partial charge in [-0.05, 0) is 31.4 Å². The lowest BCUT2D eigenvalue weighted by molar-refractivity contribution is 0.0931. The number of rotatable bonds is 4. The minimum atomic E-state index is -0.827. The Labute approximate surface area is 106 Å². The van der Waals surface area contributed by atoms with E-state index in [2.05, 4.69) is 6.07 Å². The van der Waals surface area contributed by atoms with Crippen molar-refractivity contribution in [3.05, 3.63) is 23.3 Å². The van der Waals surface area contributed by atoms with E-state index < -0.39 is 5.41 Å². The SMILES string of the molecule is COc1cc(C)c(C(=O)C2(C#N)CC2)c(OC)c1. The molecule has 0 bridgehead atoms. The summed E-state index contributed by atoms with van der Waals surface area (Å²) in [5, 5.41) is 9.11. The maximum atomic E-state index is 12.4. The van der Waals surface area contributed by atoms with Gasteiger partial charge in [-0.2, -0.15) is 5.26 Å². The minimum absolute atomic E-state index is 0.137. The molecule has 1 aromatic rings. The lowest BCUT2D eigenvalue weighted by Crippen LogP contribution is -2.16. The molecule has 0 N–H and O–H groups in total. The molecule has 1 fully saturated rings. The predicted octanol–water partition coefficient (Wildman–Crippen LogP) is 2.50. The highest BCUT2D eigenvalue weighted by Gasteiger charge is 2.51. The van der Waals surface area contributed by atoms with Crippen molar-refractivity contribution in [1.82, 2.24) is 0 Å². The van der Waals surface area contributed by atoms with Crippen LogP contribution in [0.15, 0.2) is 12.1 Å². The fourth-order valence-corrected chi connectivity index (χ4v) is 2.05. The highest BCUT2D eigenvalue weighted by Crippen LogP contribution is 2.49. The van der Waals surface area contributed by atoms with Crippen LogP contribution >= 0.6 is 0 Å². The van der Waals surface area contributed by atoms with E-state index in [0.717, 1.165) is 5.56 Å². The van der Waals surface area contributed by atoms with Gasteiger partial charge in [0.2, 0.25) is 0 Å². The molecule has 0 spiro atoms. The number of Topliss-reactive ketones (excluding diaryl/α,β-unsaturated/α-hetero) is 1. The molecule has 0 unspecified atom stereocenters. The second-order valence-electron chi connectivity index (χ2n) is 4.54. The Balaban J connectivity index is 2.51. The number of aryl methyl sites for hydroxylation is 1. The summed E-state index contributed by atoms with van der Waals surface area (Å²) >= 11 is 0. The Kier molecular flexibility index (Phi) is 3.00. The third kappa shape index (κ3) is 1.82. The normalized spacial score (nSPS) is 15.7. The molecule has 0 heterocycles. The summed E-state index contributed by atoms with van der Waals surface area (Å²) in [6, 6.07) is 5.58. The van der Waals surface area contributed by atoms with Crippen molar-refractivity contribution in [3.63, 3.8) is 0 Å². The van der Waals surface area contributed by atoms with Gasteiger partial charge in [-0.1, -0.05) is 0 Å². The van der Waals surface area contributed by atoms with Gasteiger partial charge >= 0.3 is 0 Å². The first kappa shape index (κ1) is 12.4. The van der Waals surface area contributed by atoms with Crippen LogP contribution < -0.4 is 9.47 Å². The summed E-state index contributed by atoms with van der Waals surface area (Å²) in [5.41, 5.74) is 0.446. The number of methoxy groups -OCH3 is 2. The Morgan fingerprint density at radius 3 is 2.44 bits per heavy atom. The smallest absolute Gasteiger partial charge is 0.187 e. The molecule has 4 heteroatoms. The van der Waals surface area contributed by atoms with E-state index in [1.807, 2.05) is 6.92 Å². The van der Waals surface area contributed by atoms with E-state index in [0.29, 0.717) is 29.9 Å². The maximum absolute atomic E-state index is 12.4. The summed E-state index contributed by atoms with van der Waals surface area (Å²) < 4.78 is 10.4. The molecule has 94 valence electrons. The first-order valence-corrected chi connectivity index (χ1v) is 5.76. The summed E-state index contributed by atoms with van der Waals surface area (Å²) in [5.74, 6) is 0.975. The number of benzene rings is 1. The van der Waals surface area contributed by atoms with Crippen LogP contribution in [0.5, 0.6) is 11.5 Å². The third-order valence-electron chi connectivity index (χ3n) is 3.35. The molecular weight excluding hydrogens is 230 g/mol. The van der Waals surface area contributed by atoms with Gasteiger partial charge in [-0.25, -0.2) is 0 Å². The monoisotopic (exact) mass is 245 g/mol. The van der Waals surface area contributed by atoms with Gasteiger partial charge in [0.25, 0.3) is 0 Å². The summed E-state index contributed by atoms with van der Waals surface area (Å²) in [7, 11) is 3.07. The van der Waals surface area contributed by atoms with Gasteiger partial charge in [0.05, 0.1) is 25.9 Å². The van der Waals surface area contributed by atoms with Crippen molar-refractivity contribution in [2.75, 3.05) is 14.2 Å². The first-order valence-electron chi connectivity index (χ1n) is 5.76. The van der Waals surface area contributed by atoms with E-state index in [4.69, 9.17) is 14.7 Å². The van der Waals surface area contributed by atoms with Crippen LogP contribution in [0, 0.1) is 23.7 Å². The second kappa shape index (κ2) is 4.34. The molecule has 0 atom stereocenters. The van der Waals surface area contributed by atoms with E-state index in [9.17, 15) is 4.79 Å². The number of ether oxygens (including phenoxy) is 2. The van der Waals surface area contributed by atoms with Crippen LogP contribution in [0.2, 0.25) is 0 Å². The third-order valence-corrected chi connectivity index (χ3v) is 3.35. The first-order chi connectivity index (χ1) is 8.57. The van der Waals surface area contributed by atoms with Crippen molar-refractivity contribution in [1.29, 1.82) is 5.26 Å². The van der Waals surface area contributed by atoms with Crippen molar-refractivity contribution < 1.29 is 14.3 Å². The predicted molar refractivity (Wildman–Crippen MR) is 65.9 cm³/mol. The van der Waals surface area contributed by atoms with Gasteiger partial charge in [-0.15, -0.1) is 0 Å². The Morgan fingerprint density at radius 1 is 1.33 bits per heavy atom. The van der Waals surface area contributed by atoms with Gasteiger partial charge in [0.15, 0.2) is 5.78 Å². The number of hydrogen-bond donors (Lipinski definition) is 0. The topological polar surface area (TPSA) is 59.3 Å². The molecule has 1 aliphatic carbocycles. The summed E-state index contributed by atoms with van der Waals surface area (Å²) in [6.45, 7) is 1.83. The lowest BCUT2D eigenvalue weighted by Gasteiger charge is -2.14. The van der Waals surface area contributed by atoms with E-state index in [1.54, 1.807) is 19.2 Å². The van der Waals surface area contributed by atoms with Crippen molar-refractivity contribution in [2.24, 2.45) is 5.41 Å². The molecule has 1 aromatic carbocycles. The molecule has 1 saturated carbocycles.